The van der Waals surface area contributed by atoms with Gasteiger partial charge in [-0.15, -0.1) is 0 Å². The molecule has 0 aliphatic carbocycles. The van der Waals surface area contributed by atoms with Crippen LogP contribution in [0.1, 0.15) is 25.1 Å². The second kappa shape index (κ2) is 6.13. The Labute approximate surface area is 117 Å². The quantitative estimate of drug-likeness (QED) is 0.911. The van der Waals surface area contributed by atoms with Crippen LogP contribution in [0.2, 0.25) is 0 Å². The molecule has 0 fully saturated rings. The average molecular weight is 279 g/mol. The monoisotopic (exact) mass is 279 g/mol. The Morgan fingerprint density at radius 2 is 2.05 bits per heavy atom. The van der Waals surface area contributed by atoms with E-state index in [1.807, 2.05) is 6.92 Å². The lowest BCUT2D eigenvalue weighted by Gasteiger charge is -2.08. The van der Waals surface area contributed by atoms with Gasteiger partial charge in [-0.3, -0.25) is 0 Å². The van der Waals surface area contributed by atoms with Gasteiger partial charge in [-0.05, 0) is 31.5 Å². The van der Waals surface area contributed by atoms with Gasteiger partial charge in [0.15, 0.2) is 5.82 Å². The summed E-state index contributed by atoms with van der Waals surface area (Å²) in [6, 6.07) is 3.50. The maximum atomic E-state index is 13.8. The molecule has 0 aliphatic heterocycles. The summed E-state index contributed by atoms with van der Waals surface area (Å²) in [5, 5.41) is 7.51. The maximum absolute atomic E-state index is 13.8. The van der Waals surface area contributed by atoms with Crippen molar-refractivity contribution in [1.82, 2.24) is 15.1 Å². The molecule has 0 saturated carbocycles. The van der Waals surface area contributed by atoms with E-state index in [2.05, 4.69) is 24.3 Å². The first kappa shape index (κ1) is 14.7. The number of rotatable bonds is 5. The predicted molar refractivity (Wildman–Crippen MR) is 74.8 cm³/mol. The van der Waals surface area contributed by atoms with Crippen LogP contribution in [-0.4, -0.2) is 16.3 Å². The van der Waals surface area contributed by atoms with Crippen molar-refractivity contribution < 1.29 is 8.78 Å². The number of hydrogen-bond donors (Lipinski definition) is 1. The van der Waals surface area contributed by atoms with Gasteiger partial charge in [0.25, 0.3) is 0 Å². The van der Waals surface area contributed by atoms with E-state index in [0.29, 0.717) is 12.5 Å². The summed E-state index contributed by atoms with van der Waals surface area (Å²) in [6.07, 6.45) is 1.71. The Morgan fingerprint density at radius 1 is 1.30 bits per heavy atom. The third-order valence-corrected chi connectivity index (χ3v) is 3.12. The first-order chi connectivity index (χ1) is 9.49. The van der Waals surface area contributed by atoms with Gasteiger partial charge in [0.2, 0.25) is 0 Å². The fourth-order valence-electron chi connectivity index (χ4n) is 2.01. The van der Waals surface area contributed by atoms with E-state index in [1.165, 1.54) is 16.8 Å². The summed E-state index contributed by atoms with van der Waals surface area (Å²) in [6.45, 7) is 7.75. The Morgan fingerprint density at radius 3 is 2.70 bits per heavy atom. The molecule has 5 heteroatoms. The lowest BCUT2D eigenvalue weighted by Crippen LogP contribution is -2.19. The fraction of sp³-hybridized carbons (Fsp3) is 0.400. The standard InChI is InChI=1S/C15H19F2N3/c1-10(2)7-18-8-12-9-19-20(11(12)3)15-5-4-13(16)6-14(15)17/h4-6,9-10,18H,7-8H2,1-3H3. The molecular weight excluding hydrogens is 260 g/mol. The third-order valence-electron chi connectivity index (χ3n) is 3.12. The van der Waals surface area contributed by atoms with Crippen LogP contribution < -0.4 is 5.32 Å². The summed E-state index contributed by atoms with van der Waals surface area (Å²) in [5.74, 6) is -0.632. The smallest absolute Gasteiger partial charge is 0.151 e. The molecule has 1 aromatic heterocycles. The number of hydrogen-bond acceptors (Lipinski definition) is 2. The van der Waals surface area contributed by atoms with Crippen molar-refractivity contribution in [1.29, 1.82) is 0 Å². The van der Waals surface area contributed by atoms with E-state index in [4.69, 9.17) is 0 Å². The number of halogens is 2. The molecule has 0 bridgehead atoms. The molecule has 0 spiro atoms. The molecule has 0 radical (unpaired) electrons. The highest BCUT2D eigenvalue weighted by Crippen LogP contribution is 2.18. The second-order valence-corrected chi connectivity index (χ2v) is 5.29. The number of nitrogens with one attached hydrogen (secondary N) is 1. The molecule has 0 saturated heterocycles. The Bertz CT molecular complexity index is 591. The third kappa shape index (κ3) is 3.22. The summed E-state index contributed by atoms with van der Waals surface area (Å²) < 4.78 is 28.2. The molecule has 1 heterocycles. The first-order valence-corrected chi connectivity index (χ1v) is 6.68. The van der Waals surface area contributed by atoms with Gasteiger partial charge in [0.1, 0.15) is 11.5 Å². The minimum atomic E-state index is -0.613. The van der Waals surface area contributed by atoms with Crippen molar-refractivity contribution in [3.63, 3.8) is 0 Å². The molecular formula is C15H19F2N3. The van der Waals surface area contributed by atoms with Crippen LogP contribution >= 0.6 is 0 Å². The number of benzene rings is 1. The topological polar surface area (TPSA) is 29.9 Å². The van der Waals surface area contributed by atoms with Crippen molar-refractivity contribution in [2.75, 3.05) is 6.54 Å². The highest BCUT2D eigenvalue weighted by molar-refractivity contribution is 5.36. The molecule has 0 amide bonds. The zero-order valence-corrected chi connectivity index (χ0v) is 12.0. The predicted octanol–water partition coefficient (Wildman–Crippen LogP) is 3.20. The average Bonchev–Trinajstić information content (AvgIpc) is 2.71. The normalized spacial score (nSPS) is 11.3. The van der Waals surface area contributed by atoms with Gasteiger partial charge in [0, 0.05) is 23.9 Å². The van der Waals surface area contributed by atoms with Gasteiger partial charge in [-0.1, -0.05) is 13.8 Å². The van der Waals surface area contributed by atoms with Gasteiger partial charge >= 0.3 is 0 Å². The fourth-order valence-corrected chi connectivity index (χ4v) is 2.01. The van der Waals surface area contributed by atoms with Crippen LogP contribution in [0, 0.1) is 24.5 Å². The molecule has 3 nitrogen and oxygen atoms in total. The van der Waals surface area contributed by atoms with Crippen LogP contribution in [0.15, 0.2) is 24.4 Å². The highest BCUT2D eigenvalue weighted by atomic mass is 19.1. The molecule has 0 unspecified atom stereocenters. The zero-order valence-electron chi connectivity index (χ0n) is 12.0. The van der Waals surface area contributed by atoms with Crippen molar-refractivity contribution in [3.05, 3.63) is 47.3 Å². The Kier molecular flexibility index (Phi) is 4.49. The van der Waals surface area contributed by atoms with Crippen molar-refractivity contribution >= 4 is 0 Å². The second-order valence-electron chi connectivity index (χ2n) is 5.29. The van der Waals surface area contributed by atoms with Crippen molar-refractivity contribution in [2.24, 2.45) is 5.92 Å². The molecule has 0 aliphatic rings. The molecule has 2 aromatic rings. The molecule has 20 heavy (non-hydrogen) atoms. The van der Waals surface area contributed by atoms with Gasteiger partial charge in [-0.25, -0.2) is 13.5 Å². The molecule has 108 valence electrons. The maximum Gasteiger partial charge on any atom is 0.151 e. The Hall–Kier alpha value is -1.75. The number of nitrogens with zero attached hydrogens (tertiary/aromatic N) is 2. The van der Waals surface area contributed by atoms with Crippen LogP contribution in [0.25, 0.3) is 5.69 Å². The Balaban J connectivity index is 2.20. The van der Waals surface area contributed by atoms with E-state index in [0.717, 1.165) is 23.9 Å². The van der Waals surface area contributed by atoms with Crippen molar-refractivity contribution in [3.8, 4) is 5.69 Å². The van der Waals surface area contributed by atoms with E-state index < -0.39 is 11.6 Å². The van der Waals surface area contributed by atoms with Crippen LogP contribution in [0.3, 0.4) is 0 Å². The van der Waals surface area contributed by atoms with E-state index >= 15 is 0 Å². The summed E-state index contributed by atoms with van der Waals surface area (Å²) >= 11 is 0. The van der Waals surface area contributed by atoms with E-state index in [-0.39, 0.29) is 5.69 Å². The zero-order chi connectivity index (χ0) is 14.7. The SMILES string of the molecule is Cc1c(CNCC(C)C)cnn1-c1ccc(F)cc1F. The summed E-state index contributed by atoms with van der Waals surface area (Å²) in [7, 11) is 0. The van der Waals surface area contributed by atoms with E-state index in [1.54, 1.807) is 6.20 Å². The lowest BCUT2D eigenvalue weighted by molar-refractivity contribution is 0.551. The largest absolute Gasteiger partial charge is 0.312 e. The van der Waals surface area contributed by atoms with Crippen LogP contribution in [-0.2, 0) is 6.54 Å². The van der Waals surface area contributed by atoms with E-state index in [9.17, 15) is 8.78 Å². The molecule has 2 rings (SSSR count). The number of aromatic nitrogens is 2. The molecule has 1 aromatic carbocycles. The van der Waals surface area contributed by atoms with Crippen molar-refractivity contribution in [2.45, 2.75) is 27.3 Å². The molecule has 1 N–H and O–H groups in total. The summed E-state index contributed by atoms with van der Waals surface area (Å²) in [4.78, 5) is 0. The minimum absolute atomic E-state index is 0.263. The van der Waals surface area contributed by atoms with Crippen LogP contribution in [0.4, 0.5) is 8.78 Å². The van der Waals surface area contributed by atoms with Gasteiger partial charge in [0.05, 0.1) is 6.20 Å². The van der Waals surface area contributed by atoms with Gasteiger partial charge < -0.3 is 5.32 Å². The first-order valence-electron chi connectivity index (χ1n) is 6.68. The lowest BCUT2D eigenvalue weighted by atomic mass is 10.2. The minimum Gasteiger partial charge on any atom is -0.312 e. The summed E-state index contributed by atoms with van der Waals surface area (Å²) in [5.41, 5.74) is 2.13. The van der Waals surface area contributed by atoms with Gasteiger partial charge in [-0.2, -0.15) is 5.10 Å². The highest BCUT2D eigenvalue weighted by Gasteiger charge is 2.12. The molecule has 0 atom stereocenters. The van der Waals surface area contributed by atoms with Crippen LogP contribution in [0.5, 0.6) is 0 Å².